The van der Waals surface area contributed by atoms with Gasteiger partial charge >= 0.3 is 0 Å². The van der Waals surface area contributed by atoms with Crippen LogP contribution >= 0.6 is 0 Å². The summed E-state index contributed by atoms with van der Waals surface area (Å²) in [5.41, 5.74) is 7.69. The fraction of sp³-hybridized carbons (Fsp3) is 0.0976. The molecule has 0 saturated heterocycles. The van der Waals surface area contributed by atoms with Crippen LogP contribution in [0.5, 0.6) is 5.75 Å². The van der Waals surface area contributed by atoms with Gasteiger partial charge in [0, 0.05) is 17.3 Å². The van der Waals surface area contributed by atoms with Crippen molar-refractivity contribution >= 4 is 6.29 Å². The molecule has 0 amide bonds. The van der Waals surface area contributed by atoms with Crippen molar-refractivity contribution in [3.63, 3.8) is 0 Å². The van der Waals surface area contributed by atoms with Gasteiger partial charge in [-0.1, -0.05) is 133 Å². The summed E-state index contributed by atoms with van der Waals surface area (Å²) >= 11 is 0. The normalized spacial score (nSPS) is 11.3. The highest BCUT2D eigenvalue weighted by Gasteiger charge is 2.41. The maximum atomic E-state index is 11.9. The van der Waals surface area contributed by atoms with Crippen molar-refractivity contribution in [2.75, 3.05) is 0 Å². The third-order valence-corrected chi connectivity index (χ3v) is 8.55. The third-order valence-electron chi connectivity index (χ3n) is 8.55. The molecule has 0 aliphatic carbocycles. The molecule has 0 atom stereocenters. The molecule has 7 rings (SSSR count). The Bertz CT molecular complexity index is 2070. The lowest BCUT2D eigenvalue weighted by Crippen LogP contribution is -2.39. The highest BCUT2D eigenvalue weighted by Crippen LogP contribution is 2.40. The van der Waals surface area contributed by atoms with Crippen LogP contribution in [0.15, 0.2) is 146 Å². The van der Waals surface area contributed by atoms with Crippen LogP contribution in [-0.4, -0.2) is 31.5 Å². The first kappa shape index (κ1) is 30.4. The Morgan fingerprint density at radius 3 is 1.81 bits per heavy atom. The zero-order valence-corrected chi connectivity index (χ0v) is 26.7. The lowest BCUT2D eigenvalue weighted by atomic mass is 9.77. The number of nitrogens with zero attached hydrogens (tertiary/aromatic N) is 5. The van der Waals surface area contributed by atoms with Crippen molar-refractivity contribution in [2.45, 2.75) is 26.0 Å². The highest BCUT2D eigenvalue weighted by molar-refractivity contribution is 5.82. The first-order valence-corrected chi connectivity index (χ1v) is 15.8. The quantitative estimate of drug-likeness (QED) is 0.112. The van der Waals surface area contributed by atoms with Gasteiger partial charge in [0.25, 0.3) is 0 Å². The van der Waals surface area contributed by atoms with Gasteiger partial charge in [-0.25, -0.2) is 0 Å². The van der Waals surface area contributed by atoms with E-state index in [1.165, 1.54) is 0 Å². The summed E-state index contributed by atoms with van der Waals surface area (Å²) in [6.45, 7) is 3.93. The molecular formula is C41H33N5O2. The molecule has 0 saturated carbocycles. The number of aldehydes is 1. The number of rotatable bonds is 10. The Kier molecular flexibility index (Phi) is 8.41. The van der Waals surface area contributed by atoms with E-state index in [0.717, 1.165) is 50.9 Å². The number of ether oxygens (including phenoxy) is 1. The Labute approximate surface area is 279 Å². The summed E-state index contributed by atoms with van der Waals surface area (Å²) in [6, 6.07) is 48.9. The molecule has 2 heterocycles. The molecule has 2 aromatic heterocycles. The Hall–Kier alpha value is -6.21. The van der Waals surface area contributed by atoms with Gasteiger partial charge in [-0.05, 0) is 58.5 Å². The summed E-state index contributed by atoms with van der Waals surface area (Å²) in [7, 11) is 0. The maximum Gasteiger partial charge on any atom is 0.205 e. The van der Waals surface area contributed by atoms with Crippen LogP contribution in [0.25, 0.3) is 22.5 Å². The van der Waals surface area contributed by atoms with Crippen LogP contribution in [-0.2, 0) is 12.1 Å². The molecule has 0 spiro atoms. The number of hydrogen-bond acceptors (Lipinski definition) is 6. The number of pyridine rings is 1. The van der Waals surface area contributed by atoms with Gasteiger partial charge in [0.15, 0.2) is 11.8 Å². The van der Waals surface area contributed by atoms with E-state index in [-0.39, 0.29) is 6.61 Å². The van der Waals surface area contributed by atoms with Crippen molar-refractivity contribution in [1.29, 1.82) is 0 Å². The molecule has 0 radical (unpaired) electrons. The molecule has 0 fully saturated rings. The zero-order chi connectivity index (χ0) is 32.9. The number of aromatic nitrogens is 5. The number of carbonyl (C=O) groups excluding carboxylic acids is 1. The minimum absolute atomic E-state index is 0.238. The van der Waals surface area contributed by atoms with Crippen molar-refractivity contribution in [3.8, 4) is 28.3 Å². The van der Waals surface area contributed by atoms with Gasteiger partial charge in [-0.3, -0.25) is 9.78 Å². The van der Waals surface area contributed by atoms with Crippen molar-refractivity contribution in [2.24, 2.45) is 0 Å². The predicted octanol–water partition coefficient (Wildman–Crippen LogP) is 8.25. The standard InChI is InChI=1S/C41H33N5O2/c1-29-25-39(38(27-47)30(2)42-29)48-28-31-23-24-36(32-15-7-3-8-16-32)37(26-31)40-43-45-46(44-40)41(33-17-9-4-10-18-33,34-19-11-5-12-20-34)35-21-13-6-14-22-35/h3-27H,28H2,1-2H3. The maximum absolute atomic E-state index is 11.9. The lowest BCUT2D eigenvalue weighted by molar-refractivity contribution is 0.111. The minimum Gasteiger partial charge on any atom is -0.488 e. The molecule has 0 unspecified atom stereocenters. The van der Waals surface area contributed by atoms with Gasteiger partial charge in [0.2, 0.25) is 5.82 Å². The van der Waals surface area contributed by atoms with Crippen LogP contribution in [0.1, 0.15) is 44.0 Å². The fourth-order valence-corrected chi connectivity index (χ4v) is 6.31. The molecule has 0 N–H and O–H groups in total. The zero-order valence-electron chi connectivity index (χ0n) is 26.7. The molecule has 234 valence electrons. The molecule has 0 bridgehead atoms. The Balaban J connectivity index is 1.38. The lowest BCUT2D eigenvalue weighted by Gasteiger charge is -2.34. The van der Waals surface area contributed by atoms with E-state index >= 15 is 0 Å². The van der Waals surface area contributed by atoms with Crippen molar-refractivity contribution in [1.82, 2.24) is 25.2 Å². The van der Waals surface area contributed by atoms with Crippen LogP contribution in [0.4, 0.5) is 0 Å². The smallest absolute Gasteiger partial charge is 0.205 e. The van der Waals surface area contributed by atoms with Crippen LogP contribution in [0.2, 0.25) is 0 Å². The largest absolute Gasteiger partial charge is 0.488 e. The predicted molar refractivity (Wildman–Crippen MR) is 187 cm³/mol. The molecular weight excluding hydrogens is 594 g/mol. The molecule has 7 aromatic rings. The van der Waals surface area contributed by atoms with Crippen LogP contribution < -0.4 is 4.74 Å². The van der Waals surface area contributed by atoms with Crippen LogP contribution in [0, 0.1) is 13.8 Å². The number of tetrazole rings is 1. The van der Waals surface area contributed by atoms with Gasteiger partial charge in [-0.15, -0.1) is 15.0 Å². The fourth-order valence-electron chi connectivity index (χ4n) is 6.31. The van der Waals surface area contributed by atoms with E-state index in [2.05, 4.69) is 59.6 Å². The van der Waals surface area contributed by atoms with Gasteiger partial charge in [0.1, 0.15) is 12.4 Å². The molecule has 0 aliphatic rings. The molecule has 0 aliphatic heterocycles. The second kappa shape index (κ2) is 13.3. The molecule has 7 nitrogen and oxygen atoms in total. The van der Waals surface area contributed by atoms with Crippen molar-refractivity contribution in [3.05, 3.63) is 185 Å². The summed E-state index contributed by atoms with van der Waals surface area (Å²) in [6.07, 6.45) is 0.793. The number of aryl methyl sites for hydroxylation is 2. The summed E-state index contributed by atoms with van der Waals surface area (Å²) in [5, 5.41) is 14.7. The number of hydrogen-bond donors (Lipinski definition) is 0. The monoisotopic (exact) mass is 627 g/mol. The minimum atomic E-state index is -0.898. The average molecular weight is 628 g/mol. The Morgan fingerprint density at radius 2 is 1.25 bits per heavy atom. The first-order chi connectivity index (χ1) is 23.6. The first-order valence-electron chi connectivity index (χ1n) is 15.8. The topological polar surface area (TPSA) is 82.8 Å². The summed E-state index contributed by atoms with van der Waals surface area (Å²) in [5.74, 6) is 0.984. The van der Waals surface area contributed by atoms with E-state index in [9.17, 15) is 4.79 Å². The van der Waals surface area contributed by atoms with E-state index in [4.69, 9.17) is 20.1 Å². The Morgan fingerprint density at radius 1 is 0.688 bits per heavy atom. The van der Waals surface area contributed by atoms with E-state index in [1.807, 2.05) is 98.8 Å². The summed E-state index contributed by atoms with van der Waals surface area (Å²) in [4.78, 5) is 18.0. The van der Waals surface area contributed by atoms with Gasteiger partial charge < -0.3 is 4.74 Å². The highest BCUT2D eigenvalue weighted by atomic mass is 16.5. The van der Waals surface area contributed by atoms with Gasteiger partial charge in [-0.2, -0.15) is 0 Å². The molecule has 48 heavy (non-hydrogen) atoms. The van der Waals surface area contributed by atoms with E-state index in [0.29, 0.717) is 22.8 Å². The summed E-state index contributed by atoms with van der Waals surface area (Å²) < 4.78 is 6.21. The van der Waals surface area contributed by atoms with Gasteiger partial charge in [0.05, 0.1) is 11.3 Å². The van der Waals surface area contributed by atoms with Crippen molar-refractivity contribution < 1.29 is 9.53 Å². The number of benzene rings is 5. The molecule has 5 aromatic carbocycles. The number of carbonyl (C=O) groups is 1. The molecule has 7 heteroatoms. The second-order valence-electron chi connectivity index (χ2n) is 11.6. The average Bonchev–Trinajstić information content (AvgIpc) is 3.63. The third kappa shape index (κ3) is 5.67. The SMILES string of the molecule is Cc1cc(OCc2ccc(-c3ccccc3)c(-c3nnn(C(c4ccccc4)(c4ccccc4)c4ccccc4)n3)c2)c(C=O)c(C)n1. The second-order valence-corrected chi connectivity index (χ2v) is 11.6. The van der Waals surface area contributed by atoms with Crippen LogP contribution in [0.3, 0.4) is 0 Å². The van der Waals surface area contributed by atoms with E-state index < -0.39 is 5.54 Å². The van der Waals surface area contributed by atoms with E-state index in [1.54, 1.807) is 10.9 Å².